The average molecular weight is 414 g/mol. The molecule has 1 N–H and O–H groups in total. The van der Waals surface area contributed by atoms with Gasteiger partial charge in [-0.1, -0.05) is 18.2 Å². The van der Waals surface area contributed by atoms with Gasteiger partial charge in [-0.05, 0) is 67.2 Å². The van der Waals surface area contributed by atoms with Gasteiger partial charge in [0.15, 0.2) is 0 Å². The Morgan fingerprint density at radius 1 is 1.17 bits per heavy atom. The van der Waals surface area contributed by atoms with Crippen LogP contribution in [0.15, 0.2) is 41.1 Å². The number of nitrogens with one attached hydrogen (secondary N) is 1. The summed E-state index contributed by atoms with van der Waals surface area (Å²) in [7, 11) is 1.70. The van der Waals surface area contributed by atoms with Gasteiger partial charge in [-0.15, -0.1) is 0 Å². The maximum absolute atomic E-state index is 13.1. The smallest absolute Gasteiger partial charge is 0.325 e. The molecule has 0 aliphatic carbocycles. The van der Waals surface area contributed by atoms with E-state index in [1.807, 2.05) is 41.9 Å². The number of nitrogens with zero attached hydrogens (tertiary/aromatic N) is 2. The minimum absolute atomic E-state index is 0.100. The van der Waals surface area contributed by atoms with Gasteiger partial charge < -0.3 is 10.1 Å². The van der Waals surface area contributed by atoms with Crippen LogP contribution in [0.1, 0.15) is 30.9 Å². The molecule has 2 saturated heterocycles. The second kappa shape index (κ2) is 8.16. The minimum Gasteiger partial charge on any atom is -0.496 e. The van der Waals surface area contributed by atoms with E-state index < -0.39 is 5.54 Å². The third kappa shape index (κ3) is 3.89. The van der Waals surface area contributed by atoms with Gasteiger partial charge in [-0.2, -0.15) is 11.3 Å². The number of ether oxygens (including phenoxy) is 1. The van der Waals surface area contributed by atoms with Gasteiger partial charge in [-0.25, -0.2) is 4.79 Å². The van der Waals surface area contributed by atoms with Crippen molar-refractivity contribution in [3.05, 3.63) is 52.2 Å². The first-order valence-corrected chi connectivity index (χ1v) is 10.9. The Bertz CT molecular complexity index is 877. The summed E-state index contributed by atoms with van der Waals surface area (Å²) in [6.45, 7) is 4.85. The van der Waals surface area contributed by atoms with E-state index in [9.17, 15) is 9.59 Å². The van der Waals surface area contributed by atoms with Crippen LogP contribution in [0.3, 0.4) is 0 Å². The lowest BCUT2D eigenvalue weighted by molar-refractivity contribution is -0.133. The van der Waals surface area contributed by atoms with E-state index in [-0.39, 0.29) is 17.9 Å². The van der Waals surface area contributed by atoms with E-state index in [1.54, 1.807) is 18.4 Å². The number of methoxy groups -OCH3 is 1. The SMILES string of the molecule is COc1ccccc1CN1CCC(C2(C)NC(=O)N(Cc3ccsc3)C2=O)CC1. The number of carbonyl (C=O) groups excluding carboxylic acids is 2. The molecule has 2 aromatic rings. The van der Waals surface area contributed by atoms with E-state index >= 15 is 0 Å². The average Bonchev–Trinajstić information content (AvgIpc) is 3.32. The van der Waals surface area contributed by atoms with Crippen LogP contribution < -0.4 is 10.1 Å². The highest BCUT2D eigenvalue weighted by molar-refractivity contribution is 7.07. The maximum Gasteiger partial charge on any atom is 0.325 e. The standard InChI is InChI=1S/C22H27N3O3S/c1-22(20(26)25(21(27)23-22)13-16-9-12-29-15-16)18-7-10-24(11-8-18)14-17-5-3-4-6-19(17)28-2/h3-6,9,12,15,18H,7-8,10-11,13-14H2,1-2H3,(H,23,27). The molecule has 1 unspecified atom stereocenters. The van der Waals surface area contributed by atoms with Crippen LogP contribution in [0.2, 0.25) is 0 Å². The van der Waals surface area contributed by atoms with Crippen molar-refractivity contribution >= 4 is 23.3 Å². The number of imide groups is 1. The molecule has 1 aromatic heterocycles. The lowest BCUT2D eigenvalue weighted by atomic mass is 9.79. The number of piperidine rings is 1. The lowest BCUT2D eigenvalue weighted by Gasteiger charge is -2.39. The number of rotatable bonds is 6. The molecule has 4 rings (SSSR count). The van der Waals surface area contributed by atoms with Crippen LogP contribution in [0.25, 0.3) is 0 Å². The number of amides is 3. The van der Waals surface area contributed by atoms with Gasteiger partial charge in [0, 0.05) is 12.1 Å². The van der Waals surface area contributed by atoms with Crippen molar-refractivity contribution in [1.82, 2.24) is 15.1 Å². The highest BCUT2D eigenvalue weighted by Gasteiger charge is 2.52. The first-order valence-electron chi connectivity index (χ1n) is 10.0. The predicted octanol–water partition coefficient (Wildman–Crippen LogP) is 3.48. The summed E-state index contributed by atoms with van der Waals surface area (Å²) >= 11 is 1.57. The molecule has 0 saturated carbocycles. The summed E-state index contributed by atoms with van der Waals surface area (Å²) in [6.07, 6.45) is 1.76. The zero-order valence-electron chi connectivity index (χ0n) is 16.9. The minimum atomic E-state index is -0.816. The van der Waals surface area contributed by atoms with Crippen molar-refractivity contribution in [2.24, 2.45) is 5.92 Å². The fourth-order valence-electron chi connectivity index (χ4n) is 4.44. The van der Waals surface area contributed by atoms with Gasteiger partial charge in [0.25, 0.3) is 5.91 Å². The highest BCUT2D eigenvalue weighted by atomic mass is 32.1. The molecule has 29 heavy (non-hydrogen) atoms. The summed E-state index contributed by atoms with van der Waals surface area (Å²) in [4.78, 5) is 29.4. The number of thiophene rings is 1. The number of carbonyl (C=O) groups is 2. The Hall–Kier alpha value is -2.38. The topological polar surface area (TPSA) is 61.9 Å². The lowest BCUT2D eigenvalue weighted by Crippen LogP contribution is -2.53. The zero-order chi connectivity index (χ0) is 20.4. The largest absolute Gasteiger partial charge is 0.496 e. The van der Waals surface area contributed by atoms with E-state index in [0.29, 0.717) is 6.54 Å². The van der Waals surface area contributed by atoms with E-state index in [2.05, 4.69) is 16.3 Å². The number of likely N-dealkylation sites (tertiary alicyclic amines) is 1. The van der Waals surface area contributed by atoms with Gasteiger partial charge in [0.2, 0.25) is 0 Å². The van der Waals surface area contributed by atoms with Crippen molar-refractivity contribution in [2.75, 3.05) is 20.2 Å². The van der Waals surface area contributed by atoms with Gasteiger partial charge in [-0.3, -0.25) is 14.6 Å². The first kappa shape index (κ1) is 19.9. The van der Waals surface area contributed by atoms with Crippen LogP contribution >= 0.6 is 11.3 Å². The quantitative estimate of drug-likeness (QED) is 0.737. The second-order valence-corrected chi connectivity index (χ2v) is 8.80. The second-order valence-electron chi connectivity index (χ2n) is 8.02. The maximum atomic E-state index is 13.1. The molecule has 0 bridgehead atoms. The number of benzene rings is 1. The summed E-state index contributed by atoms with van der Waals surface area (Å²) < 4.78 is 5.46. The molecule has 7 heteroatoms. The zero-order valence-corrected chi connectivity index (χ0v) is 17.7. The third-order valence-corrected chi connectivity index (χ3v) is 6.94. The fraction of sp³-hybridized carbons (Fsp3) is 0.455. The Morgan fingerprint density at radius 3 is 2.62 bits per heavy atom. The Balaban J connectivity index is 1.39. The molecule has 1 atom stereocenters. The first-order chi connectivity index (χ1) is 14.0. The summed E-state index contributed by atoms with van der Waals surface area (Å²) in [5.41, 5.74) is 1.35. The van der Waals surface area contributed by atoms with Crippen LogP contribution in [-0.4, -0.2) is 47.5 Å². The van der Waals surface area contributed by atoms with Crippen LogP contribution in [0.4, 0.5) is 4.79 Å². The van der Waals surface area contributed by atoms with Gasteiger partial charge in [0.05, 0.1) is 13.7 Å². The normalized spacial score (nSPS) is 23.4. The van der Waals surface area contributed by atoms with Crippen molar-refractivity contribution < 1.29 is 14.3 Å². The molecule has 1 aromatic carbocycles. The molecular formula is C22H27N3O3S. The molecule has 0 spiro atoms. The summed E-state index contributed by atoms with van der Waals surface area (Å²) in [6, 6.07) is 9.76. The molecule has 3 heterocycles. The van der Waals surface area contributed by atoms with Crippen molar-refractivity contribution in [2.45, 2.75) is 38.4 Å². The Labute approximate surface area is 175 Å². The summed E-state index contributed by atoms with van der Waals surface area (Å²) in [5, 5.41) is 6.94. The van der Waals surface area contributed by atoms with Gasteiger partial charge >= 0.3 is 6.03 Å². The van der Waals surface area contributed by atoms with Crippen LogP contribution in [0.5, 0.6) is 5.75 Å². The number of urea groups is 1. The fourth-order valence-corrected chi connectivity index (χ4v) is 5.10. The van der Waals surface area contributed by atoms with Crippen molar-refractivity contribution in [3.63, 3.8) is 0 Å². The Morgan fingerprint density at radius 2 is 1.93 bits per heavy atom. The molecule has 2 aliphatic heterocycles. The molecule has 3 amide bonds. The van der Waals surface area contributed by atoms with E-state index in [4.69, 9.17) is 4.74 Å². The third-order valence-electron chi connectivity index (χ3n) is 6.21. The van der Waals surface area contributed by atoms with E-state index in [0.717, 1.165) is 43.8 Å². The van der Waals surface area contributed by atoms with Crippen molar-refractivity contribution in [1.29, 1.82) is 0 Å². The highest BCUT2D eigenvalue weighted by Crippen LogP contribution is 2.35. The number of hydrogen-bond donors (Lipinski definition) is 1. The molecule has 2 aliphatic rings. The van der Waals surface area contributed by atoms with Crippen molar-refractivity contribution in [3.8, 4) is 5.75 Å². The molecule has 154 valence electrons. The Kier molecular flexibility index (Phi) is 5.61. The molecule has 6 nitrogen and oxygen atoms in total. The van der Waals surface area contributed by atoms with E-state index in [1.165, 1.54) is 10.5 Å². The van der Waals surface area contributed by atoms with Crippen LogP contribution in [-0.2, 0) is 17.9 Å². The number of para-hydroxylation sites is 1. The van der Waals surface area contributed by atoms with Gasteiger partial charge in [0.1, 0.15) is 11.3 Å². The molecule has 0 radical (unpaired) electrons. The monoisotopic (exact) mass is 413 g/mol. The molecular weight excluding hydrogens is 386 g/mol. The summed E-state index contributed by atoms with van der Waals surface area (Å²) in [5.74, 6) is 0.945. The number of hydrogen-bond acceptors (Lipinski definition) is 5. The molecule has 2 fully saturated rings. The van der Waals surface area contributed by atoms with Crippen LogP contribution in [0, 0.1) is 5.92 Å². The predicted molar refractivity (Wildman–Crippen MR) is 113 cm³/mol.